The Kier molecular flexibility index (Phi) is 8.20. The first-order valence-corrected chi connectivity index (χ1v) is 24.6. The third kappa shape index (κ3) is 5.04. The van der Waals surface area contributed by atoms with Gasteiger partial charge < -0.3 is 14.7 Å². The molecule has 2 fully saturated rings. The molecule has 4 aliphatic heterocycles. The second kappa shape index (κ2) is 13.5. The van der Waals surface area contributed by atoms with E-state index in [0.29, 0.717) is 0 Å². The third-order valence-electron chi connectivity index (χ3n) is 18.0. The van der Waals surface area contributed by atoms with Gasteiger partial charge in [0.25, 0.3) is 6.71 Å². The Morgan fingerprint density at radius 3 is 1.88 bits per heavy atom. The molecule has 0 radical (unpaired) electrons. The fourth-order valence-corrected chi connectivity index (χ4v) is 14.7. The molecule has 6 aliphatic rings. The Labute approximate surface area is 387 Å². The summed E-state index contributed by atoms with van der Waals surface area (Å²) in [5, 5.41) is 0. The summed E-state index contributed by atoms with van der Waals surface area (Å²) in [4.78, 5) is 8.41. The van der Waals surface area contributed by atoms with E-state index in [1.165, 1.54) is 116 Å². The first-order chi connectivity index (χ1) is 31.5. The standard InChI is InChI=1S/C61H60BN3/c1-57(2,3)44-37-48-56-50(38-44)62-49-28-16-17-29-52(49)63(45-26-14-9-15-27-45)53-39-46(40-54(55(53)62)65(56)60(6)34-20-21-35-61(48,60)43-24-12-8-13-25-43)64-51-31-30-42(41-22-10-7-11-23-41)36-47(51)58(4)32-18-19-33-59(58,64)5/h7-17,22-31,36-40H,18-21,32-35H2,1-6H3. The summed E-state index contributed by atoms with van der Waals surface area (Å²) >= 11 is 0. The largest absolute Gasteiger partial charge is 0.335 e. The molecule has 4 heterocycles. The lowest BCUT2D eigenvalue weighted by Gasteiger charge is -2.54. The second-order valence-electron chi connectivity index (χ2n) is 22.1. The second-order valence-corrected chi connectivity index (χ2v) is 22.1. The molecule has 65 heavy (non-hydrogen) atoms. The summed E-state index contributed by atoms with van der Waals surface area (Å²) < 4.78 is 0. The van der Waals surface area contributed by atoms with Crippen LogP contribution in [0.5, 0.6) is 0 Å². The molecule has 322 valence electrons. The Balaban J connectivity index is 1.15. The highest BCUT2D eigenvalue weighted by atomic mass is 15.3. The molecule has 7 aromatic carbocycles. The quantitative estimate of drug-likeness (QED) is 0.163. The van der Waals surface area contributed by atoms with Crippen LogP contribution in [0, 0.1) is 0 Å². The van der Waals surface area contributed by atoms with E-state index in [0.717, 1.165) is 19.3 Å². The van der Waals surface area contributed by atoms with Crippen molar-refractivity contribution in [2.75, 3.05) is 14.7 Å². The molecule has 0 aromatic heterocycles. The van der Waals surface area contributed by atoms with E-state index in [1.807, 2.05) is 0 Å². The summed E-state index contributed by atoms with van der Waals surface area (Å²) in [6.07, 6.45) is 9.56. The van der Waals surface area contributed by atoms with Gasteiger partial charge in [0.1, 0.15) is 0 Å². The lowest BCUT2D eigenvalue weighted by atomic mass is 9.33. The Hall–Kier alpha value is -6.00. The number of fused-ring (bicyclic) bond motifs is 10. The van der Waals surface area contributed by atoms with Crippen LogP contribution in [0.2, 0.25) is 0 Å². The summed E-state index contributed by atoms with van der Waals surface area (Å²) in [5.41, 5.74) is 21.7. The van der Waals surface area contributed by atoms with Crippen molar-refractivity contribution in [2.45, 2.75) is 120 Å². The van der Waals surface area contributed by atoms with E-state index in [-0.39, 0.29) is 34.0 Å². The van der Waals surface area contributed by atoms with Crippen LogP contribution in [-0.2, 0) is 16.2 Å². The molecular weight excluding hydrogens is 786 g/mol. The highest BCUT2D eigenvalue weighted by molar-refractivity contribution is 7.00. The topological polar surface area (TPSA) is 9.72 Å². The van der Waals surface area contributed by atoms with Crippen LogP contribution in [0.15, 0.2) is 158 Å². The van der Waals surface area contributed by atoms with Crippen LogP contribution >= 0.6 is 0 Å². The molecule has 13 rings (SSSR count). The number of anilines is 7. The minimum atomic E-state index is -0.192. The van der Waals surface area contributed by atoms with Gasteiger partial charge in [-0.05, 0) is 137 Å². The number of benzene rings is 7. The monoisotopic (exact) mass is 845 g/mol. The van der Waals surface area contributed by atoms with Gasteiger partial charge in [-0.25, -0.2) is 0 Å². The van der Waals surface area contributed by atoms with E-state index >= 15 is 0 Å². The van der Waals surface area contributed by atoms with Crippen molar-refractivity contribution in [3.8, 4) is 11.1 Å². The fourth-order valence-electron chi connectivity index (χ4n) is 14.7. The van der Waals surface area contributed by atoms with Crippen molar-refractivity contribution < 1.29 is 0 Å². The van der Waals surface area contributed by atoms with Crippen LogP contribution in [0.3, 0.4) is 0 Å². The lowest BCUT2D eigenvalue weighted by molar-refractivity contribution is 0.195. The first-order valence-electron chi connectivity index (χ1n) is 24.6. The lowest BCUT2D eigenvalue weighted by Crippen LogP contribution is -2.65. The van der Waals surface area contributed by atoms with Gasteiger partial charge in [-0.1, -0.05) is 169 Å². The molecular formula is C61H60BN3. The summed E-state index contributed by atoms with van der Waals surface area (Å²) in [6, 6.07) is 61.4. The van der Waals surface area contributed by atoms with Gasteiger partial charge in [-0.15, -0.1) is 0 Å². The number of hydrogen-bond donors (Lipinski definition) is 0. The summed E-state index contributed by atoms with van der Waals surface area (Å²) in [6.45, 7) is 15.2. The molecule has 0 N–H and O–H groups in total. The molecule has 0 amide bonds. The van der Waals surface area contributed by atoms with Gasteiger partial charge in [-0.3, -0.25) is 0 Å². The zero-order valence-electron chi connectivity index (χ0n) is 39.1. The average Bonchev–Trinajstić information content (AvgIpc) is 3.70. The van der Waals surface area contributed by atoms with E-state index in [9.17, 15) is 0 Å². The Bertz CT molecular complexity index is 3060. The van der Waals surface area contributed by atoms with E-state index < -0.39 is 0 Å². The number of para-hydroxylation sites is 2. The van der Waals surface area contributed by atoms with Crippen LogP contribution < -0.4 is 31.1 Å². The highest BCUT2D eigenvalue weighted by Crippen LogP contribution is 2.66. The molecule has 3 nitrogen and oxygen atoms in total. The normalized spacial score (nSPS) is 25.6. The Morgan fingerprint density at radius 2 is 1.12 bits per heavy atom. The van der Waals surface area contributed by atoms with Crippen LogP contribution in [0.1, 0.15) is 115 Å². The highest BCUT2D eigenvalue weighted by Gasteiger charge is 2.65. The van der Waals surface area contributed by atoms with Gasteiger partial charge in [0.15, 0.2) is 0 Å². The minimum Gasteiger partial charge on any atom is -0.335 e. The van der Waals surface area contributed by atoms with Crippen molar-refractivity contribution in [1.82, 2.24) is 0 Å². The van der Waals surface area contributed by atoms with Crippen molar-refractivity contribution in [1.29, 1.82) is 0 Å². The summed E-state index contributed by atoms with van der Waals surface area (Å²) in [7, 11) is 0. The molecule has 2 aliphatic carbocycles. The summed E-state index contributed by atoms with van der Waals surface area (Å²) in [5.74, 6) is 0. The minimum absolute atomic E-state index is 0.0126. The van der Waals surface area contributed by atoms with E-state index in [1.54, 1.807) is 5.56 Å². The SMILES string of the molecule is CC(C)(C)c1cc2c3c(c1)C1(c4ccccc4)CCCCC1(C)N3c1cc(N3c4ccc(-c5ccccc5)cc4C4(C)CCCCC34C)cc3c1B2c1ccccc1N3c1ccccc1. The van der Waals surface area contributed by atoms with Crippen molar-refractivity contribution >= 4 is 62.9 Å². The van der Waals surface area contributed by atoms with Gasteiger partial charge in [0, 0.05) is 50.6 Å². The maximum absolute atomic E-state index is 2.95. The molecule has 7 aromatic rings. The van der Waals surface area contributed by atoms with Crippen LogP contribution in [0.4, 0.5) is 39.8 Å². The van der Waals surface area contributed by atoms with Crippen molar-refractivity contribution in [2.24, 2.45) is 0 Å². The maximum Gasteiger partial charge on any atom is 0.252 e. The maximum atomic E-state index is 2.95. The molecule has 0 bridgehead atoms. The Morgan fingerprint density at radius 1 is 0.477 bits per heavy atom. The van der Waals surface area contributed by atoms with Crippen LogP contribution in [0.25, 0.3) is 11.1 Å². The zero-order valence-corrected chi connectivity index (χ0v) is 39.1. The van der Waals surface area contributed by atoms with E-state index in [4.69, 9.17) is 0 Å². The number of rotatable bonds is 4. The van der Waals surface area contributed by atoms with Crippen LogP contribution in [-0.4, -0.2) is 17.8 Å². The third-order valence-corrected chi connectivity index (χ3v) is 18.0. The molecule has 4 atom stereocenters. The van der Waals surface area contributed by atoms with Crippen molar-refractivity contribution in [3.05, 3.63) is 180 Å². The average molecular weight is 846 g/mol. The predicted molar refractivity (Wildman–Crippen MR) is 275 cm³/mol. The zero-order chi connectivity index (χ0) is 44.1. The van der Waals surface area contributed by atoms with Gasteiger partial charge >= 0.3 is 0 Å². The molecule has 0 spiro atoms. The van der Waals surface area contributed by atoms with Gasteiger partial charge in [0.05, 0.1) is 11.1 Å². The van der Waals surface area contributed by atoms with Gasteiger partial charge in [-0.2, -0.15) is 0 Å². The molecule has 0 saturated heterocycles. The predicted octanol–water partition coefficient (Wildman–Crippen LogP) is 13.8. The molecule has 4 unspecified atom stereocenters. The van der Waals surface area contributed by atoms with Crippen molar-refractivity contribution in [3.63, 3.8) is 0 Å². The number of hydrogen-bond acceptors (Lipinski definition) is 3. The first kappa shape index (κ1) is 39.4. The number of nitrogens with zero attached hydrogens (tertiary/aromatic N) is 3. The molecule has 4 heteroatoms. The fraction of sp³-hybridized carbons (Fsp3) is 0.311. The van der Waals surface area contributed by atoms with Gasteiger partial charge in [0.2, 0.25) is 0 Å². The molecule has 2 saturated carbocycles. The van der Waals surface area contributed by atoms with E-state index in [2.05, 4.69) is 214 Å². The smallest absolute Gasteiger partial charge is 0.252 e.